The number of aromatic carboxylic acids is 1. The Morgan fingerprint density at radius 3 is 2.23 bits per heavy atom. The van der Waals surface area contributed by atoms with Crippen molar-refractivity contribution < 1.29 is 14.7 Å². The highest BCUT2D eigenvalue weighted by Gasteiger charge is 2.26. The van der Waals surface area contributed by atoms with Crippen LogP contribution in [0.2, 0.25) is 0 Å². The van der Waals surface area contributed by atoms with Crippen LogP contribution in [0.5, 0.6) is 0 Å². The Bertz CT molecular complexity index is 542. The zero-order valence-electron chi connectivity index (χ0n) is 14.2. The molecule has 1 amide bonds. The maximum Gasteiger partial charge on any atom is 0.335 e. The lowest BCUT2D eigenvalue weighted by molar-refractivity contribution is -0.122. The van der Waals surface area contributed by atoms with Gasteiger partial charge in [-0.2, -0.15) is 0 Å². The molecule has 0 unspecified atom stereocenters. The molecule has 0 aliphatic carbocycles. The van der Waals surface area contributed by atoms with E-state index in [-0.39, 0.29) is 28.8 Å². The molecule has 0 saturated carbocycles. The summed E-state index contributed by atoms with van der Waals surface area (Å²) in [5.74, 6) is -1.00. The molecule has 0 aromatic heterocycles. The number of benzene rings is 1. The Morgan fingerprint density at radius 2 is 1.68 bits per heavy atom. The van der Waals surface area contributed by atoms with E-state index in [2.05, 4.69) is 26.1 Å². The van der Waals surface area contributed by atoms with Crippen LogP contribution in [-0.4, -0.2) is 22.5 Å². The van der Waals surface area contributed by atoms with Gasteiger partial charge in [-0.25, -0.2) is 4.79 Å². The minimum absolute atomic E-state index is 0.0468. The molecule has 0 bridgehead atoms. The molecular weight excluding hydrogens is 278 g/mol. The second kappa shape index (κ2) is 6.95. The standard InChI is InChI=1S/C18H27NO3/c1-17(2,3)12-18(4,5)19-15(20)11-10-13-8-6-7-9-14(13)16(21)22/h6-9H,10-12H2,1-5H3,(H,19,20)(H,21,22). The van der Waals surface area contributed by atoms with E-state index in [9.17, 15) is 9.59 Å². The van der Waals surface area contributed by atoms with Crippen LogP contribution in [0, 0.1) is 5.41 Å². The molecule has 22 heavy (non-hydrogen) atoms. The molecule has 1 aromatic rings. The highest BCUT2D eigenvalue weighted by Crippen LogP contribution is 2.26. The number of rotatable bonds is 6. The van der Waals surface area contributed by atoms with Crippen molar-refractivity contribution in [2.45, 2.75) is 59.4 Å². The van der Waals surface area contributed by atoms with E-state index < -0.39 is 5.97 Å². The predicted molar refractivity (Wildman–Crippen MR) is 88.0 cm³/mol. The number of carboxylic acid groups (broad SMARTS) is 1. The number of hydrogen-bond acceptors (Lipinski definition) is 2. The minimum atomic E-state index is -0.955. The average Bonchev–Trinajstić information content (AvgIpc) is 2.32. The van der Waals surface area contributed by atoms with Crippen molar-refractivity contribution in [2.75, 3.05) is 0 Å². The lowest BCUT2D eigenvalue weighted by Gasteiger charge is -2.33. The molecule has 0 spiro atoms. The molecule has 4 nitrogen and oxygen atoms in total. The first-order valence-corrected chi connectivity index (χ1v) is 7.62. The van der Waals surface area contributed by atoms with E-state index in [1.54, 1.807) is 24.3 Å². The van der Waals surface area contributed by atoms with E-state index in [1.807, 2.05) is 13.8 Å². The fraction of sp³-hybridized carbons (Fsp3) is 0.556. The van der Waals surface area contributed by atoms with Crippen molar-refractivity contribution in [1.29, 1.82) is 0 Å². The van der Waals surface area contributed by atoms with Crippen LogP contribution in [0.25, 0.3) is 0 Å². The molecule has 0 aliphatic heterocycles. The third-order valence-corrected chi connectivity index (χ3v) is 3.32. The van der Waals surface area contributed by atoms with Crippen LogP contribution in [0.15, 0.2) is 24.3 Å². The first-order chi connectivity index (χ1) is 10.0. The number of hydrogen-bond donors (Lipinski definition) is 2. The second-order valence-electron chi connectivity index (χ2n) is 7.63. The predicted octanol–water partition coefficient (Wildman–Crippen LogP) is 3.65. The molecule has 122 valence electrons. The van der Waals surface area contributed by atoms with E-state index >= 15 is 0 Å². The van der Waals surface area contributed by atoms with Crippen LogP contribution in [0.4, 0.5) is 0 Å². The third-order valence-electron chi connectivity index (χ3n) is 3.32. The topological polar surface area (TPSA) is 66.4 Å². The molecular formula is C18H27NO3. The van der Waals surface area contributed by atoms with Gasteiger partial charge in [-0.3, -0.25) is 4.79 Å². The average molecular weight is 305 g/mol. The van der Waals surface area contributed by atoms with E-state index in [0.29, 0.717) is 12.0 Å². The summed E-state index contributed by atoms with van der Waals surface area (Å²) in [6.45, 7) is 10.5. The molecule has 0 fully saturated rings. The summed E-state index contributed by atoms with van der Waals surface area (Å²) in [6, 6.07) is 6.82. The smallest absolute Gasteiger partial charge is 0.335 e. The summed E-state index contributed by atoms with van der Waals surface area (Å²) in [5, 5.41) is 12.2. The monoisotopic (exact) mass is 305 g/mol. The van der Waals surface area contributed by atoms with Crippen LogP contribution in [0.3, 0.4) is 0 Å². The van der Waals surface area contributed by atoms with Gasteiger partial charge in [0.15, 0.2) is 0 Å². The Balaban J connectivity index is 2.62. The van der Waals surface area contributed by atoms with Gasteiger partial charge in [-0.05, 0) is 43.7 Å². The van der Waals surface area contributed by atoms with E-state index in [4.69, 9.17) is 5.11 Å². The zero-order chi connectivity index (χ0) is 17.0. The van der Waals surface area contributed by atoms with Crippen LogP contribution in [0.1, 0.15) is 63.4 Å². The first kappa shape index (κ1) is 18.2. The van der Waals surface area contributed by atoms with Gasteiger partial charge in [0, 0.05) is 12.0 Å². The molecule has 0 atom stereocenters. The Kier molecular flexibility index (Phi) is 5.75. The van der Waals surface area contributed by atoms with Gasteiger partial charge < -0.3 is 10.4 Å². The molecule has 2 N–H and O–H groups in total. The molecule has 1 rings (SSSR count). The number of carbonyl (C=O) groups excluding carboxylic acids is 1. The normalized spacial score (nSPS) is 12.0. The quantitative estimate of drug-likeness (QED) is 0.843. The van der Waals surface area contributed by atoms with Crippen LogP contribution in [-0.2, 0) is 11.2 Å². The van der Waals surface area contributed by atoms with Crippen LogP contribution >= 0.6 is 0 Å². The van der Waals surface area contributed by atoms with E-state index in [1.165, 1.54) is 0 Å². The SMILES string of the molecule is CC(C)(C)CC(C)(C)NC(=O)CCc1ccccc1C(=O)O. The Labute approximate surface area is 132 Å². The maximum absolute atomic E-state index is 12.1. The Morgan fingerprint density at radius 1 is 1.09 bits per heavy atom. The summed E-state index contributed by atoms with van der Waals surface area (Å²) in [7, 11) is 0. The van der Waals surface area contributed by atoms with Gasteiger partial charge in [0.2, 0.25) is 5.91 Å². The molecule has 0 heterocycles. The highest BCUT2D eigenvalue weighted by molar-refractivity contribution is 5.89. The Hall–Kier alpha value is -1.84. The summed E-state index contributed by atoms with van der Waals surface area (Å²) < 4.78 is 0. The van der Waals surface area contributed by atoms with Gasteiger partial charge >= 0.3 is 5.97 Å². The van der Waals surface area contributed by atoms with Gasteiger partial charge in [-0.15, -0.1) is 0 Å². The highest BCUT2D eigenvalue weighted by atomic mass is 16.4. The second-order valence-corrected chi connectivity index (χ2v) is 7.63. The lowest BCUT2D eigenvalue weighted by atomic mass is 9.81. The van der Waals surface area contributed by atoms with Crippen LogP contribution < -0.4 is 5.32 Å². The number of aryl methyl sites for hydroxylation is 1. The number of amides is 1. The largest absolute Gasteiger partial charge is 0.478 e. The van der Waals surface area contributed by atoms with Crippen molar-refractivity contribution in [3.8, 4) is 0 Å². The minimum Gasteiger partial charge on any atom is -0.478 e. The molecule has 0 saturated heterocycles. The summed E-state index contributed by atoms with van der Waals surface area (Å²) in [5.41, 5.74) is 0.817. The lowest BCUT2D eigenvalue weighted by Crippen LogP contribution is -2.45. The first-order valence-electron chi connectivity index (χ1n) is 7.62. The van der Waals surface area contributed by atoms with E-state index in [0.717, 1.165) is 6.42 Å². The summed E-state index contributed by atoms with van der Waals surface area (Å²) in [6.07, 6.45) is 1.59. The number of carbonyl (C=O) groups is 2. The van der Waals surface area contributed by atoms with Gasteiger partial charge in [0.1, 0.15) is 0 Å². The fourth-order valence-corrected chi connectivity index (χ4v) is 3.01. The summed E-state index contributed by atoms with van der Waals surface area (Å²) >= 11 is 0. The van der Waals surface area contributed by atoms with Crippen molar-refractivity contribution in [1.82, 2.24) is 5.32 Å². The molecule has 4 heteroatoms. The van der Waals surface area contributed by atoms with Crippen molar-refractivity contribution in [3.05, 3.63) is 35.4 Å². The third kappa shape index (κ3) is 6.29. The molecule has 1 aromatic carbocycles. The zero-order valence-corrected chi connectivity index (χ0v) is 14.2. The summed E-state index contributed by atoms with van der Waals surface area (Å²) in [4.78, 5) is 23.3. The number of carboxylic acids is 1. The molecule has 0 aliphatic rings. The van der Waals surface area contributed by atoms with Crippen molar-refractivity contribution >= 4 is 11.9 Å². The maximum atomic E-state index is 12.1. The number of nitrogens with one attached hydrogen (secondary N) is 1. The van der Waals surface area contributed by atoms with Crippen molar-refractivity contribution in [2.24, 2.45) is 5.41 Å². The van der Waals surface area contributed by atoms with Gasteiger partial charge in [0.25, 0.3) is 0 Å². The molecule has 0 radical (unpaired) electrons. The van der Waals surface area contributed by atoms with Crippen molar-refractivity contribution in [3.63, 3.8) is 0 Å². The van der Waals surface area contributed by atoms with Gasteiger partial charge in [0.05, 0.1) is 5.56 Å². The fourth-order valence-electron chi connectivity index (χ4n) is 3.01. The van der Waals surface area contributed by atoms with Gasteiger partial charge in [-0.1, -0.05) is 39.0 Å².